The van der Waals surface area contributed by atoms with Crippen LogP contribution in [0.4, 0.5) is 0 Å². The summed E-state index contributed by atoms with van der Waals surface area (Å²) >= 11 is 3.46. The van der Waals surface area contributed by atoms with Crippen molar-refractivity contribution in [1.29, 1.82) is 0 Å². The van der Waals surface area contributed by atoms with Gasteiger partial charge in [-0.1, -0.05) is 35.0 Å². The molecular weight excluding hydrogens is 320 g/mol. The van der Waals surface area contributed by atoms with Crippen LogP contribution in [-0.2, 0) is 6.54 Å². The molecule has 0 bridgehead atoms. The molecule has 1 aromatic carbocycles. The number of methoxy groups -OCH3 is 1. The normalized spacial score (nSPS) is 10.6. The molecule has 0 atom stereocenters. The summed E-state index contributed by atoms with van der Waals surface area (Å²) < 4.78 is 7.90. The lowest BCUT2D eigenvalue weighted by Crippen LogP contribution is -2.13. The number of ketones is 1. The van der Waals surface area contributed by atoms with Crippen molar-refractivity contribution in [1.82, 2.24) is 9.78 Å². The van der Waals surface area contributed by atoms with Crippen molar-refractivity contribution < 1.29 is 9.53 Å². The monoisotopic (exact) mass is 336 g/mol. The lowest BCUT2D eigenvalue weighted by molar-refractivity contribution is 0.102. The van der Waals surface area contributed by atoms with Crippen molar-refractivity contribution in [3.63, 3.8) is 0 Å². The molecular formula is C15H17BrN2O2. The van der Waals surface area contributed by atoms with E-state index in [0.29, 0.717) is 23.6 Å². The molecule has 2 rings (SSSR count). The van der Waals surface area contributed by atoms with Crippen LogP contribution in [0.3, 0.4) is 0 Å². The van der Waals surface area contributed by atoms with Gasteiger partial charge in [0.1, 0.15) is 0 Å². The maximum atomic E-state index is 12.8. The van der Waals surface area contributed by atoms with E-state index >= 15 is 0 Å². The Morgan fingerprint density at radius 1 is 1.45 bits per heavy atom. The topological polar surface area (TPSA) is 44.1 Å². The lowest BCUT2D eigenvalue weighted by atomic mass is 10.0. The molecule has 0 saturated heterocycles. The van der Waals surface area contributed by atoms with Gasteiger partial charge in [-0.2, -0.15) is 5.10 Å². The van der Waals surface area contributed by atoms with E-state index in [-0.39, 0.29) is 5.78 Å². The van der Waals surface area contributed by atoms with Gasteiger partial charge in [0.05, 0.1) is 13.3 Å². The number of benzene rings is 1. The Bertz CT molecular complexity index is 635. The fraction of sp³-hybridized carbons (Fsp3) is 0.333. The Morgan fingerprint density at radius 2 is 2.20 bits per heavy atom. The van der Waals surface area contributed by atoms with E-state index in [4.69, 9.17) is 4.74 Å². The van der Waals surface area contributed by atoms with Gasteiger partial charge in [0.25, 0.3) is 0 Å². The summed E-state index contributed by atoms with van der Waals surface area (Å²) in [5.74, 6) is 0.453. The Hall–Kier alpha value is -1.62. The number of carbonyl (C=O) groups excluding carboxylic acids is 1. The van der Waals surface area contributed by atoms with Gasteiger partial charge >= 0.3 is 0 Å². The van der Waals surface area contributed by atoms with E-state index in [0.717, 1.165) is 16.5 Å². The third-order valence-electron chi connectivity index (χ3n) is 3.19. The zero-order chi connectivity index (χ0) is 14.7. The van der Waals surface area contributed by atoms with E-state index in [2.05, 4.69) is 21.0 Å². The van der Waals surface area contributed by atoms with Crippen molar-refractivity contribution >= 4 is 21.7 Å². The summed E-state index contributed by atoms with van der Waals surface area (Å²) in [5.41, 5.74) is 2.09. The molecule has 106 valence electrons. The summed E-state index contributed by atoms with van der Waals surface area (Å²) in [5, 5.41) is 4.23. The molecule has 0 aliphatic rings. The number of halogens is 1. The Kier molecular flexibility index (Phi) is 4.60. The number of nitrogens with zero attached hydrogens (tertiary/aromatic N) is 2. The van der Waals surface area contributed by atoms with Crippen LogP contribution in [0.1, 0.15) is 35.0 Å². The minimum Gasteiger partial charge on any atom is -0.493 e. The summed E-state index contributed by atoms with van der Waals surface area (Å²) in [6, 6.07) is 5.61. The standard InChI is InChI=1S/C15H17BrN2O2/c1-4-8-18-14(13(20-3)9-17-18)15(19)11-6-5-7-12(16)10(11)2/h5-7,9H,4,8H2,1-3H3. The summed E-state index contributed by atoms with van der Waals surface area (Å²) in [7, 11) is 1.55. The van der Waals surface area contributed by atoms with Crippen LogP contribution >= 0.6 is 15.9 Å². The molecule has 0 saturated carbocycles. The fourth-order valence-electron chi connectivity index (χ4n) is 2.11. The second kappa shape index (κ2) is 6.22. The third-order valence-corrected chi connectivity index (χ3v) is 4.05. The van der Waals surface area contributed by atoms with Gasteiger partial charge in [0.15, 0.2) is 11.4 Å². The van der Waals surface area contributed by atoms with Crippen molar-refractivity contribution in [2.45, 2.75) is 26.8 Å². The zero-order valence-electron chi connectivity index (χ0n) is 11.8. The Morgan fingerprint density at radius 3 is 2.85 bits per heavy atom. The van der Waals surface area contributed by atoms with Crippen LogP contribution in [0.5, 0.6) is 5.75 Å². The summed E-state index contributed by atoms with van der Waals surface area (Å²) in [4.78, 5) is 12.8. The van der Waals surface area contributed by atoms with Gasteiger partial charge in [-0.25, -0.2) is 0 Å². The molecule has 1 aromatic heterocycles. The SMILES string of the molecule is CCCn1ncc(OC)c1C(=O)c1cccc(Br)c1C. The van der Waals surface area contributed by atoms with Gasteiger partial charge in [0.2, 0.25) is 5.78 Å². The number of aromatic nitrogens is 2. The highest BCUT2D eigenvalue weighted by molar-refractivity contribution is 9.10. The molecule has 0 fully saturated rings. The molecule has 0 N–H and O–H groups in total. The third kappa shape index (κ3) is 2.63. The number of ether oxygens (including phenoxy) is 1. The lowest BCUT2D eigenvalue weighted by Gasteiger charge is -2.10. The average Bonchev–Trinajstić information content (AvgIpc) is 2.84. The van der Waals surface area contributed by atoms with Crippen LogP contribution in [0.25, 0.3) is 0 Å². The number of hydrogen-bond acceptors (Lipinski definition) is 3. The first-order valence-electron chi connectivity index (χ1n) is 6.49. The minimum absolute atomic E-state index is 0.0633. The van der Waals surface area contributed by atoms with Gasteiger partial charge < -0.3 is 4.74 Å². The number of aryl methyl sites for hydroxylation is 1. The second-order valence-corrected chi connectivity index (χ2v) is 5.38. The van der Waals surface area contributed by atoms with E-state index in [1.165, 1.54) is 0 Å². The van der Waals surface area contributed by atoms with E-state index in [1.54, 1.807) is 18.0 Å². The summed E-state index contributed by atoms with van der Waals surface area (Å²) in [6.07, 6.45) is 2.50. The highest BCUT2D eigenvalue weighted by Crippen LogP contribution is 2.26. The van der Waals surface area contributed by atoms with Crippen LogP contribution in [0.2, 0.25) is 0 Å². The van der Waals surface area contributed by atoms with Crippen molar-refractivity contribution in [2.75, 3.05) is 7.11 Å². The molecule has 1 heterocycles. The number of carbonyl (C=O) groups is 1. The second-order valence-electron chi connectivity index (χ2n) is 4.53. The van der Waals surface area contributed by atoms with Gasteiger partial charge in [-0.3, -0.25) is 9.48 Å². The molecule has 0 aliphatic carbocycles. The van der Waals surface area contributed by atoms with Crippen LogP contribution < -0.4 is 4.74 Å². The smallest absolute Gasteiger partial charge is 0.215 e. The van der Waals surface area contributed by atoms with E-state index < -0.39 is 0 Å². The van der Waals surface area contributed by atoms with Crippen LogP contribution in [0, 0.1) is 6.92 Å². The maximum Gasteiger partial charge on any atom is 0.215 e. The predicted octanol–water partition coefficient (Wildman–Crippen LogP) is 3.60. The molecule has 4 nitrogen and oxygen atoms in total. The Labute approximate surface area is 126 Å². The molecule has 5 heteroatoms. The highest BCUT2D eigenvalue weighted by Gasteiger charge is 2.22. The molecule has 20 heavy (non-hydrogen) atoms. The molecule has 0 spiro atoms. The fourth-order valence-corrected chi connectivity index (χ4v) is 2.48. The predicted molar refractivity (Wildman–Crippen MR) is 81.4 cm³/mol. The maximum absolute atomic E-state index is 12.8. The van der Waals surface area contributed by atoms with Gasteiger partial charge in [-0.15, -0.1) is 0 Å². The van der Waals surface area contributed by atoms with Crippen molar-refractivity contribution in [3.05, 3.63) is 45.7 Å². The largest absolute Gasteiger partial charge is 0.493 e. The molecule has 0 radical (unpaired) electrons. The first kappa shape index (κ1) is 14.8. The quantitative estimate of drug-likeness (QED) is 0.783. The Balaban J connectivity index is 2.52. The first-order chi connectivity index (χ1) is 9.60. The number of rotatable bonds is 5. The first-order valence-corrected chi connectivity index (χ1v) is 7.29. The average molecular weight is 337 g/mol. The van der Waals surface area contributed by atoms with Crippen LogP contribution in [-0.4, -0.2) is 22.7 Å². The van der Waals surface area contributed by atoms with Gasteiger partial charge in [0, 0.05) is 16.6 Å². The van der Waals surface area contributed by atoms with Crippen molar-refractivity contribution in [2.24, 2.45) is 0 Å². The van der Waals surface area contributed by atoms with Crippen molar-refractivity contribution in [3.8, 4) is 5.75 Å². The molecule has 0 unspecified atom stereocenters. The molecule has 0 amide bonds. The van der Waals surface area contributed by atoms with E-state index in [9.17, 15) is 4.79 Å². The van der Waals surface area contributed by atoms with Crippen LogP contribution in [0.15, 0.2) is 28.9 Å². The summed E-state index contributed by atoms with van der Waals surface area (Å²) in [6.45, 7) is 4.66. The van der Waals surface area contributed by atoms with E-state index in [1.807, 2.05) is 32.0 Å². The zero-order valence-corrected chi connectivity index (χ0v) is 13.4. The molecule has 2 aromatic rings. The highest BCUT2D eigenvalue weighted by atomic mass is 79.9. The molecule has 0 aliphatic heterocycles. The van der Waals surface area contributed by atoms with Gasteiger partial charge in [-0.05, 0) is 25.0 Å². The number of hydrogen-bond donors (Lipinski definition) is 0. The minimum atomic E-state index is -0.0633.